The fraction of sp³-hybridized carbons (Fsp3) is 0.273. The van der Waals surface area contributed by atoms with Crippen LogP contribution in [0.15, 0.2) is 30.3 Å². The molecule has 0 aliphatic carbocycles. The highest BCUT2D eigenvalue weighted by molar-refractivity contribution is 5.28. The fourth-order valence-electron chi connectivity index (χ4n) is 1.12. The maximum absolute atomic E-state index is 13.9. The third-order valence-electron chi connectivity index (χ3n) is 2.15. The molecule has 0 fully saturated rings. The van der Waals surface area contributed by atoms with Crippen LogP contribution in [-0.2, 0) is 5.67 Å². The van der Waals surface area contributed by atoms with Gasteiger partial charge in [-0.3, -0.25) is 0 Å². The second-order valence-electron chi connectivity index (χ2n) is 3.21. The Morgan fingerprint density at radius 2 is 1.73 bits per heavy atom. The normalized spacial score (nSPS) is 18.2. The van der Waals surface area contributed by atoms with Crippen molar-refractivity contribution in [1.29, 1.82) is 0 Å². The van der Waals surface area contributed by atoms with Gasteiger partial charge in [-0.2, -0.15) is 4.39 Å². The Morgan fingerprint density at radius 1 is 1.20 bits per heavy atom. The number of alkyl halides is 2. The van der Waals surface area contributed by atoms with Crippen molar-refractivity contribution in [2.45, 2.75) is 18.4 Å². The van der Waals surface area contributed by atoms with E-state index in [1.54, 1.807) is 6.07 Å². The van der Waals surface area contributed by atoms with Crippen molar-refractivity contribution in [1.82, 2.24) is 0 Å². The first-order valence-electron chi connectivity index (χ1n) is 4.20. The maximum atomic E-state index is 13.9. The third-order valence-corrected chi connectivity index (χ3v) is 2.15. The summed E-state index contributed by atoms with van der Waals surface area (Å²) in [7, 11) is 0. The van der Waals surface area contributed by atoms with Crippen molar-refractivity contribution in [2.75, 3.05) is 0 Å². The first kappa shape index (κ1) is 11.6. The van der Waals surface area contributed by atoms with Crippen molar-refractivity contribution in [3.05, 3.63) is 35.9 Å². The zero-order valence-corrected chi connectivity index (χ0v) is 7.97. The van der Waals surface area contributed by atoms with Gasteiger partial charge in [0.05, 0.1) is 0 Å². The molecule has 0 aliphatic heterocycles. The standard InChI is InChI=1S/C11H9F3O/c1-10(13,11(14,15)7-8-12)9-5-3-2-4-6-9/h2-6,15H,1H3. The number of hydrogen-bond donors (Lipinski definition) is 1. The van der Waals surface area contributed by atoms with Crippen LogP contribution in [0.2, 0.25) is 0 Å². The van der Waals surface area contributed by atoms with E-state index >= 15 is 0 Å². The lowest BCUT2D eigenvalue weighted by Crippen LogP contribution is -2.41. The molecule has 0 aromatic heterocycles. The zero-order valence-electron chi connectivity index (χ0n) is 7.97. The van der Waals surface area contributed by atoms with Crippen LogP contribution in [0.4, 0.5) is 13.2 Å². The van der Waals surface area contributed by atoms with E-state index in [1.807, 2.05) is 0 Å². The molecule has 1 aromatic carbocycles. The van der Waals surface area contributed by atoms with Gasteiger partial charge in [0.1, 0.15) is 6.17 Å². The van der Waals surface area contributed by atoms with Crippen molar-refractivity contribution < 1.29 is 18.3 Å². The minimum atomic E-state index is -3.55. The van der Waals surface area contributed by atoms with Gasteiger partial charge in [-0.25, -0.2) is 4.39 Å². The lowest BCUT2D eigenvalue weighted by molar-refractivity contribution is -0.148. The highest BCUT2D eigenvalue weighted by Crippen LogP contribution is 2.37. The summed E-state index contributed by atoms with van der Waals surface area (Å²) in [4.78, 5) is 0. The van der Waals surface area contributed by atoms with Gasteiger partial charge in [-0.1, -0.05) is 30.3 Å². The highest BCUT2D eigenvalue weighted by Gasteiger charge is 2.49. The van der Waals surface area contributed by atoms with Crippen LogP contribution in [0.5, 0.6) is 0 Å². The van der Waals surface area contributed by atoms with Crippen LogP contribution >= 0.6 is 0 Å². The second kappa shape index (κ2) is 3.95. The summed E-state index contributed by atoms with van der Waals surface area (Å²) in [6, 6.07) is 7.13. The van der Waals surface area contributed by atoms with Crippen molar-refractivity contribution in [3.63, 3.8) is 0 Å². The van der Waals surface area contributed by atoms with Crippen molar-refractivity contribution in [3.8, 4) is 12.1 Å². The molecule has 0 spiro atoms. The average molecular weight is 214 g/mol. The van der Waals surface area contributed by atoms with Gasteiger partial charge >= 0.3 is 5.85 Å². The van der Waals surface area contributed by atoms with E-state index in [1.165, 1.54) is 24.3 Å². The SMILES string of the molecule is CC(F)(c1ccccc1)C(O)(F)C#CF. The number of benzene rings is 1. The van der Waals surface area contributed by atoms with Crippen LogP contribution in [-0.4, -0.2) is 11.0 Å². The van der Waals surface area contributed by atoms with Gasteiger partial charge in [0.2, 0.25) is 5.67 Å². The summed E-state index contributed by atoms with van der Waals surface area (Å²) in [5, 5.41) is 9.04. The number of aliphatic hydroxyl groups is 1. The Kier molecular flexibility index (Phi) is 3.06. The molecule has 0 heterocycles. The molecule has 1 rings (SSSR count). The van der Waals surface area contributed by atoms with Gasteiger partial charge in [-0.15, -0.1) is 4.39 Å². The molecule has 4 heteroatoms. The Labute approximate surface area is 85.5 Å². The van der Waals surface area contributed by atoms with E-state index in [2.05, 4.69) is 0 Å². The van der Waals surface area contributed by atoms with Crippen LogP contribution in [0, 0.1) is 12.1 Å². The Hall–Kier alpha value is -1.47. The van der Waals surface area contributed by atoms with E-state index in [0.717, 1.165) is 12.8 Å². The summed E-state index contributed by atoms with van der Waals surface area (Å²) in [5.74, 6) is -2.39. The monoisotopic (exact) mass is 214 g/mol. The molecule has 1 aromatic rings. The van der Waals surface area contributed by atoms with Gasteiger partial charge < -0.3 is 5.11 Å². The average Bonchev–Trinajstić information content (AvgIpc) is 2.19. The third kappa shape index (κ3) is 2.13. The lowest BCUT2D eigenvalue weighted by atomic mass is 9.90. The Bertz CT molecular complexity index is 387. The topological polar surface area (TPSA) is 20.2 Å². The van der Waals surface area contributed by atoms with Gasteiger partial charge in [0, 0.05) is 5.92 Å². The largest absolute Gasteiger partial charge is 0.349 e. The molecule has 0 aliphatic rings. The minimum Gasteiger partial charge on any atom is -0.349 e. The maximum Gasteiger partial charge on any atom is 0.310 e. The quantitative estimate of drug-likeness (QED) is 0.750. The Balaban J connectivity index is 3.16. The van der Waals surface area contributed by atoms with Crippen molar-refractivity contribution in [2.24, 2.45) is 0 Å². The van der Waals surface area contributed by atoms with Crippen molar-refractivity contribution >= 4 is 0 Å². The molecule has 0 bridgehead atoms. The molecule has 0 amide bonds. The highest BCUT2D eigenvalue weighted by atomic mass is 19.2. The predicted octanol–water partition coefficient (Wildman–Crippen LogP) is 2.46. The van der Waals surface area contributed by atoms with Crippen LogP contribution in [0.1, 0.15) is 12.5 Å². The zero-order chi connectivity index (χ0) is 11.5. The number of rotatable bonds is 2. The molecule has 0 radical (unpaired) electrons. The van der Waals surface area contributed by atoms with Crippen LogP contribution in [0.25, 0.3) is 0 Å². The molecular formula is C11H9F3O. The molecule has 2 atom stereocenters. The number of hydrogen-bond acceptors (Lipinski definition) is 1. The second-order valence-corrected chi connectivity index (χ2v) is 3.21. The molecule has 1 N–H and O–H groups in total. The minimum absolute atomic E-state index is 0.113. The van der Waals surface area contributed by atoms with E-state index in [4.69, 9.17) is 5.11 Å². The van der Waals surface area contributed by atoms with E-state index in [9.17, 15) is 13.2 Å². The molecule has 80 valence electrons. The first-order chi connectivity index (χ1) is 6.92. The van der Waals surface area contributed by atoms with Gasteiger partial charge in [-0.05, 0) is 12.5 Å². The van der Waals surface area contributed by atoms with Gasteiger partial charge in [0.25, 0.3) is 0 Å². The first-order valence-corrected chi connectivity index (χ1v) is 4.20. The van der Waals surface area contributed by atoms with Crippen LogP contribution < -0.4 is 0 Å². The van der Waals surface area contributed by atoms with E-state index in [-0.39, 0.29) is 5.56 Å². The number of halogens is 3. The lowest BCUT2D eigenvalue weighted by Gasteiger charge is -2.28. The molecule has 0 saturated carbocycles. The molecule has 1 nitrogen and oxygen atoms in total. The summed E-state index contributed by atoms with van der Waals surface area (Å²) in [6.07, 6.45) is 0.669. The van der Waals surface area contributed by atoms with E-state index in [0.29, 0.717) is 6.17 Å². The summed E-state index contributed by atoms with van der Waals surface area (Å²) in [5.41, 5.74) is -2.90. The predicted molar refractivity (Wildman–Crippen MR) is 49.8 cm³/mol. The summed E-state index contributed by atoms with van der Waals surface area (Å²) >= 11 is 0. The smallest absolute Gasteiger partial charge is 0.310 e. The molecule has 15 heavy (non-hydrogen) atoms. The summed E-state index contributed by atoms with van der Waals surface area (Å²) < 4.78 is 38.8. The fourth-order valence-corrected chi connectivity index (χ4v) is 1.12. The molecule has 2 unspecified atom stereocenters. The van der Waals surface area contributed by atoms with E-state index < -0.39 is 11.5 Å². The Morgan fingerprint density at radius 3 is 2.20 bits per heavy atom. The van der Waals surface area contributed by atoms with Gasteiger partial charge in [0.15, 0.2) is 0 Å². The summed E-state index contributed by atoms with van der Waals surface area (Å²) in [6.45, 7) is 0.798. The molecular weight excluding hydrogens is 205 g/mol. The molecule has 0 saturated heterocycles. The van der Waals surface area contributed by atoms with Crippen LogP contribution in [0.3, 0.4) is 0 Å².